The van der Waals surface area contributed by atoms with Gasteiger partial charge in [-0.25, -0.2) is 4.79 Å². The second-order valence-corrected chi connectivity index (χ2v) is 7.93. The summed E-state index contributed by atoms with van der Waals surface area (Å²) in [7, 11) is 0. The van der Waals surface area contributed by atoms with Gasteiger partial charge in [-0.1, -0.05) is 30.3 Å². The van der Waals surface area contributed by atoms with Crippen molar-refractivity contribution in [1.82, 2.24) is 15.5 Å². The van der Waals surface area contributed by atoms with Gasteiger partial charge in [-0.3, -0.25) is 4.99 Å². The first kappa shape index (κ1) is 22.4. The van der Waals surface area contributed by atoms with Crippen molar-refractivity contribution in [1.29, 1.82) is 0 Å². The largest absolute Gasteiger partial charge is 0.450 e. The third-order valence-corrected chi connectivity index (χ3v) is 5.76. The summed E-state index contributed by atoms with van der Waals surface area (Å²) in [5, 5.41) is 6.93. The molecule has 2 aliphatic heterocycles. The topological polar surface area (TPSA) is 75.2 Å². The molecule has 2 unspecified atom stereocenters. The van der Waals surface area contributed by atoms with Crippen LogP contribution in [0, 0.1) is 5.92 Å². The lowest BCUT2D eigenvalue weighted by Gasteiger charge is -2.33. The number of rotatable bonds is 6. The third-order valence-electron chi connectivity index (χ3n) is 5.76. The number of aliphatic imine (C=N–C) groups is 1. The number of benzene rings is 1. The Kier molecular flexibility index (Phi) is 8.81. The summed E-state index contributed by atoms with van der Waals surface area (Å²) in [5.41, 5.74) is 1.24. The molecule has 7 heteroatoms. The van der Waals surface area contributed by atoms with E-state index >= 15 is 0 Å². The van der Waals surface area contributed by atoms with Crippen molar-refractivity contribution in [2.45, 2.75) is 51.7 Å². The van der Waals surface area contributed by atoms with E-state index in [-0.39, 0.29) is 12.2 Å². The van der Waals surface area contributed by atoms with Crippen LogP contribution in [0.1, 0.15) is 51.2 Å². The molecular weight excluding hydrogens is 380 g/mol. The predicted molar refractivity (Wildman–Crippen MR) is 119 cm³/mol. The highest BCUT2D eigenvalue weighted by atomic mass is 16.6. The lowest BCUT2D eigenvalue weighted by molar-refractivity contribution is -0.0250. The quantitative estimate of drug-likeness (QED) is 0.550. The molecule has 0 saturated carbocycles. The molecule has 0 radical (unpaired) electrons. The molecule has 30 heavy (non-hydrogen) atoms. The molecule has 2 N–H and O–H groups in total. The molecule has 0 spiro atoms. The van der Waals surface area contributed by atoms with Crippen LogP contribution >= 0.6 is 0 Å². The number of hydrogen-bond donors (Lipinski definition) is 2. The summed E-state index contributed by atoms with van der Waals surface area (Å²) >= 11 is 0. The average Bonchev–Trinajstić information content (AvgIpc) is 2.79. The van der Waals surface area contributed by atoms with Crippen molar-refractivity contribution in [2.75, 3.05) is 39.4 Å². The molecule has 0 aromatic heterocycles. The summed E-state index contributed by atoms with van der Waals surface area (Å²) in [6.07, 6.45) is 3.89. The van der Waals surface area contributed by atoms with Crippen LogP contribution in [0.2, 0.25) is 0 Å². The Morgan fingerprint density at radius 3 is 2.67 bits per heavy atom. The standard InChI is InChI=1S/C23H36N4O3/c1-3-24-22(26-20-12-14-27(15-13-20)23(28)29-4-2)25-17-19-11-8-16-30-21(19)18-9-6-5-7-10-18/h5-7,9-10,19-21H,3-4,8,11-17H2,1-2H3,(H2,24,25,26). The van der Waals surface area contributed by atoms with Crippen molar-refractivity contribution in [3.05, 3.63) is 35.9 Å². The minimum Gasteiger partial charge on any atom is -0.450 e. The number of ether oxygens (including phenoxy) is 2. The lowest BCUT2D eigenvalue weighted by Crippen LogP contribution is -2.50. The van der Waals surface area contributed by atoms with Gasteiger partial charge in [0.2, 0.25) is 0 Å². The lowest BCUT2D eigenvalue weighted by atomic mass is 9.89. The van der Waals surface area contributed by atoms with E-state index in [1.807, 2.05) is 13.0 Å². The monoisotopic (exact) mass is 416 g/mol. The van der Waals surface area contributed by atoms with E-state index in [4.69, 9.17) is 14.5 Å². The molecule has 1 amide bonds. The Bertz CT molecular complexity index is 674. The van der Waals surface area contributed by atoms with E-state index in [9.17, 15) is 4.79 Å². The highest BCUT2D eigenvalue weighted by molar-refractivity contribution is 5.80. The minimum atomic E-state index is -0.208. The Hall–Kier alpha value is -2.28. The van der Waals surface area contributed by atoms with Crippen molar-refractivity contribution < 1.29 is 14.3 Å². The van der Waals surface area contributed by atoms with E-state index in [1.54, 1.807) is 4.90 Å². The number of hydrogen-bond acceptors (Lipinski definition) is 4. The first-order valence-electron chi connectivity index (χ1n) is 11.3. The molecular formula is C23H36N4O3. The Morgan fingerprint density at radius 1 is 1.20 bits per heavy atom. The zero-order valence-electron chi connectivity index (χ0n) is 18.3. The number of carbonyl (C=O) groups is 1. The van der Waals surface area contributed by atoms with Gasteiger partial charge in [0, 0.05) is 44.7 Å². The zero-order valence-corrected chi connectivity index (χ0v) is 18.3. The second-order valence-electron chi connectivity index (χ2n) is 7.93. The van der Waals surface area contributed by atoms with Crippen LogP contribution in [0.25, 0.3) is 0 Å². The number of guanidine groups is 1. The molecule has 2 aliphatic rings. The highest BCUT2D eigenvalue weighted by Crippen LogP contribution is 2.33. The van der Waals surface area contributed by atoms with Crippen LogP contribution in [-0.2, 0) is 9.47 Å². The van der Waals surface area contributed by atoms with Gasteiger partial charge in [-0.15, -0.1) is 0 Å². The number of likely N-dealkylation sites (tertiary alicyclic amines) is 1. The van der Waals surface area contributed by atoms with Crippen LogP contribution in [0.5, 0.6) is 0 Å². The van der Waals surface area contributed by atoms with Gasteiger partial charge in [-0.2, -0.15) is 0 Å². The third kappa shape index (κ3) is 6.36. The molecule has 2 fully saturated rings. The van der Waals surface area contributed by atoms with Gasteiger partial charge in [0.25, 0.3) is 0 Å². The summed E-state index contributed by atoms with van der Waals surface area (Å²) in [6.45, 7) is 8.13. The number of nitrogens with one attached hydrogen (secondary N) is 2. The normalized spacial score (nSPS) is 23.1. The van der Waals surface area contributed by atoms with Gasteiger partial charge in [0.05, 0.1) is 12.7 Å². The van der Waals surface area contributed by atoms with Crippen molar-refractivity contribution >= 4 is 12.1 Å². The number of nitrogens with zero attached hydrogens (tertiary/aromatic N) is 2. The molecule has 7 nitrogen and oxygen atoms in total. The van der Waals surface area contributed by atoms with Gasteiger partial charge in [-0.05, 0) is 45.1 Å². The molecule has 2 heterocycles. The first-order chi connectivity index (χ1) is 14.7. The molecule has 0 bridgehead atoms. The van der Waals surface area contributed by atoms with Crippen LogP contribution in [0.15, 0.2) is 35.3 Å². The molecule has 2 atom stereocenters. The van der Waals surface area contributed by atoms with Gasteiger partial charge < -0.3 is 25.0 Å². The zero-order chi connectivity index (χ0) is 21.2. The summed E-state index contributed by atoms with van der Waals surface area (Å²) in [6, 6.07) is 10.8. The Balaban J connectivity index is 1.56. The van der Waals surface area contributed by atoms with E-state index < -0.39 is 0 Å². The molecule has 3 rings (SSSR count). The van der Waals surface area contributed by atoms with Crippen molar-refractivity contribution in [2.24, 2.45) is 10.9 Å². The smallest absolute Gasteiger partial charge is 0.409 e. The highest BCUT2D eigenvalue weighted by Gasteiger charge is 2.28. The van der Waals surface area contributed by atoms with Gasteiger partial charge in [0.1, 0.15) is 0 Å². The van der Waals surface area contributed by atoms with Gasteiger partial charge in [0.15, 0.2) is 5.96 Å². The summed E-state index contributed by atoms with van der Waals surface area (Å²) < 4.78 is 11.2. The number of carbonyl (C=O) groups excluding carboxylic acids is 1. The predicted octanol–water partition coefficient (Wildman–Crippen LogP) is 3.33. The molecule has 0 aliphatic carbocycles. The van der Waals surface area contributed by atoms with Crippen LogP contribution < -0.4 is 10.6 Å². The van der Waals surface area contributed by atoms with Crippen LogP contribution in [0.3, 0.4) is 0 Å². The Morgan fingerprint density at radius 2 is 1.97 bits per heavy atom. The maximum Gasteiger partial charge on any atom is 0.409 e. The van der Waals surface area contributed by atoms with Crippen LogP contribution in [0.4, 0.5) is 4.79 Å². The minimum absolute atomic E-state index is 0.111. The van der Waals surface area contributed by atoms with Crippen molar-refractivity contribution in [3.63, 3.8) is 0 Å². The fraction of sp³-hybridized carbons (Fsp3) is 0.652. The van der Waals surface area contributed by atoms with E-state index in [0.717, 1.165) is 51.3 Å². The van der Waals surface area contributed by atoms with Crippen LogP contribution in [-0.4, -0.2) is 62.4 Å². The number of amides is 1. The SMILES string of the molecule is CCNC(=NCC1CCCOC1c1ccccc1)NC1CCN(C(=O)OCC)CC1. The van der Waals surface area contributed by atoms with Gasteiger partial charge >= 0.3 is 6.09 Å². The first-order valence-corrected chi connectivity index (χ1v) is 11.3. The van der Waals surface area contributed by atoms with E-state index in [2.05, 4.69) is 41.8 Å². The molecule has 2 saturated heterocycles. The molecule has 1 aromatic rings. The number of piperidine rings is 1. The fourth-order valence-corrected chi connectivity index (χ4v) is 4.18. The van der Waals surface area contributed by atoms with E-state index in [1.165, 1.54) is 5.56 Å². The molecule has 166 valence electrons. The Labute approximate surface area is 180 Å². The van der Waals surface area contributed by atoms with E-state index in [0.29, 0.717) is 31.7 Å². The maximum atomic E-state index is 11.9. The second kappa shape index (κ2) is 11.8. The van der Waals surface area contributed by atoms with Crippen molar-refractivity contribution in [3.8, 4) is 0 Å². The fourth-order valence-electron chi connectivity index (χ4n) is 4.18. The summed E-state index contributed by atoms with van der Waals surface area (Å²) in [5.74, 6) is 1.23. The average molecular weight is 417 g/mol. The molecule has 1 aromatic carbocycles. The summed E-state index contributed by atoms with van der Waals surface area (Å²) in [4.78, 5) is 18.6. The maximum absolute atomic E-state index is 11.9.